The van der Waals surface area contributed by atoms with Gasteiger partial charge in [-0.1, -0.05) is 18.2 Å². The van der Waals surface area contributed by atoms with Gasteiger partial charge in [0.15, 0.2) is 0 Å². The van der Waals surface area contributed by atoms with Gasteiger partial charge in [-0.05, 0) is 36.8 Å². The van der Waals surface area contributed by atoms with E-state index < -0.39 is 18.6 Å². The smallest absolute Gasteiger partial charge is 0.389 e. The Labute approximate surface area is 138 Å². The van der Waals surface area contributed by atoms with E-state index >= 15 is 0 Å². The summed E-state index contributed by atoms with van der Waals surface area (Å²) in [6.45, 7) is 0.870. The van der Waals surface area contributed by atoms with Crippen LogP contribution in [0.5, 0.6) is 0 Å². The monoisotopic (exact) mass is 343 g/mol. The molecule has 24 heavy (non-hydrogen) atoms. The van der Waals surface area contributed by atoms with Crippen molar-refractivity contribution in [3.8, 4) is 0 Å². The lowest BCUT2D eigenvalue weighted by atomic mass is 9.92. The Balaban J connectivity index is 2.01. The number of hydrogen-bond donors (Lipinski definition) is 1. The second-order valence-electron chi connectivity index (χ2n) is 6.11. The van der Waals surface area contributed by atoms with Crippen LogP contribution in [0.4, 0.5) is 13.2 Å². The van der Waals surface area contributed by atoms with Crippen molar-refractivity contribution in [2.45, 2.75) is 38.3 Å². The lowest BCUT2D eigenvalue weighted by Gasteiger charge is -2.32. The summed E-state index contributed by atoms with van der Waals surface area (Å²) in [7, 11) is 0. The van der Waals surface area contributed by atoms with Gasteiger partial charge in [0.25, 0.3) is 5.91 Å². The normalized spacial score (nSPS) is 16.2. The number of aliphatic carboxylic acids is 1. The van der Waals surface area contributed by atoms with Crippen LogP contribution in [-0.2, 0) is 11.2 Å². The molecule has 7 heteroatoms. The van der Waals surface area contributed by atoms with E-state index in [-0.39, 0.29) is 24.7 Å². The highest BCUT2D eigenvalue weighted by Gasteiger charge is 2.29. The van der Waals surface area contributed by atoms with Crippen LogP contribution in [0.25, 0.3) is 0 Å². The summed E-state index contributed by atoms with van der Waals surface area (Å²) in [5.41, 5.74) is 0.700. The third-order valence-corrected chi connectivity index (χ3v) is 4.29. The summed E-state index contributed by atoms with van der Waals surface area (Å²) in [5.74, 6) is -1.08. The second-order valence-corrected chi connectivity index (χ2v) is 6.11. The van der Waals surface area contributed by atoms with Crippen LogP contribution in [0.1, 0.15) is 41.6 Å². The van der Waals surface area contributed by atoms with E-state index in [4.69, 9.17) is 5.11 Å². The Morgan fingerprint density at radius 1 is 1.17 bits per heavy atom. The summed E-state index contributed by atoms with van der Waals surface area (Å²) in [4.78, 5) is 24.9. The molecular formula is C17H20F3NO3. The van der Waals surface area contributed by atoms with Gasteiger partial charge in [-0.15, -0.1) is 0 Å². The van der Waals surface area contributed by atoms with Crippen LogP contribution in [0, 0.1) is 5.92 Å². The zero-order valence-electron chi connectivity index (χ0n) is 13.2. The largest absolute Gasteiger partial charge is 0.481 e. The Morgan fingerprint density at radius 3 is 2.38 bits per heavy atom. The minimum Gasteiger partial charge on any atom is -0.481 e. The maximum atomic E-state index is 12.6. The number of halogens is 3. The quantitative estimate of drug-likeness (QED) is 0.890. The fourth-order valence-corrected chi connectivity index (χ4v) is 2.98. The molecule has 1 aromatic carbocycles. The molecule has 0 saturated carbocycles. The molecule has 0 aliphatic carbocycles. The Kier molecular flexibility index (Phi) is 5.85. The maximum Gasteiger partial charge on any atom is 0.389 e. The van der Waals surface area contributed by atoms with Gasteiger partial charge in [0.05, 0.1) is 0 Å². The van der Waals surface area contributed by atoms with Crippen LogP contribution in [-0.4, -0.2) is 41.1 Å². The van der Waals surface area contributed by atoms with Crippen LogP contribution in [0.15, 0.2) is 24.3 Å². The van der Waals surface area contributed by atoms with E-state index in [1.807, 2.05) is 0 Å². The van der Waals surface area contributed by atoms with Gasteiger partial charge in [0.1, 0.15) is 0 Å². The molecule has 1 aromatic rings. The molecule has 0 aromatic heterocycles. The molecule has 1 saturated heterocycles. The Bertz CT molecular complexity index is 593. The third kappa shape index (κ3) is 5.25. The van der Waals surface area contributed by atoms with Crippen molar-refractivity contribution in [3.05, 3.63) is 35.4 Å². The predicted octanol–water partition coefficient (Wildman–Crippen LogP) is 3.51. The zero-order valence-corrected chi connectivity index (χ0v) is 13.2. The van der Waals surface area contributed by atoms with Gasteiger partial charge in [0, 0.05) is 31.5 Å². The molecule has 132 valence electrons. The standard InChI is InChI=1S/C17H20F3NO3/c18-17(19,20)8-5-13-3-1-2-4-14(13)16(24)21-9-6-12(7-10-21)11-15(22)23/h1-4,12H,5-11H2,(H,22,23). The van der Waals surface area contributed by atoms with Crippen molar-refractivity contribution in [2.24, 2.45) is 5.92 Å². The number of nitrogens with zero attached hydrogens (tertiary/aromatic N) is 1. The molecule has 1 amide bonds. The van der Waals surface area contributed by atoms with Crippen molar-refractivity contribution in [1.29, 1.82) is 0 Å². The number of carboxylic acid groups (broad SMARTS) is 1. The molecule has 1 heterocycles. The summed E-state index contributed by atoms with van der Waals surface area (Å²) < 4.78 is 37.3. The molecule has 4 nitrogen and oxygen atoms in total. The molecule has 0 radical (unpaired) electrons. The molecule has 0 bridgehead atoms. The zero-order chi connectivity index (χ0) is 17.7. The van der Waals surface area contributed by atoms with Gasteiger partial charge in [-0.3, -0.25) is 9.59 Å². The van der Waals surface area contributed by atoms with Crippen LogP contribution >= 0.6 is 0 Å². The molecule has 2 rings (SSSR count). The molecule has 1 aliphatic heterocycles. The third-order valence-electron chi connectivity index (χ3n) is 4.29. The first-order chi connectivity index (χ1) is 11.3. The summed E-state index contributed by atoms with van der Waals surface area (Å²) in [5, 5.41) is 8.81. The molecule has 0 atom stereocenters. The summed E-state index contributed by atoms with van der Waals surface area (Å²) in [6, 6.07) is 6.37. The van der Waals surface area contributed by atoms with Crippen LogP contribution < -0.4 is 0 Å². The van der Waals surface area contributed by atoms with E-state index in [0.29, 0.717) is 37.1 Å². The molecule has 1 fully saturated rings. The molecule has 0 unspecified atom stereocenters. The Morgan fingerprint density at radius 2 is 1.79 bits per heavy atom. The van der Waals surface area contributed by atoms with E-state index in [0.717, 1.165) is 0 Å². The van der Waals surface area contributed by atoms with E-state index in [2.05, 4.69) is 0 Å². The Hall–Kier alpha value is -2.05. The van der Waals surface area contributed by atoms with Gasteiger partial charge >= 0.3 is 12.1 Å². The highest BCUT2D eigenvalue weighted by atomic mass is 19.4. The van der Waals surface area contributed by atoms with Gasteiger partial charge in [0.2, 0.25) is 0 Å². The molecule has 1 N–H and O–H groups in total. The highest BCUT2D eigenvalue weighted by molar-refractivity contribution is 5.95. The van der Waals surface area contributed by atoms with Crippen molar-refractivity contribution in [1.82, 2.24) is 4.90 Å². The molecule has 1 aliphatic rings. The molecule has 0 spiro atoms. The number of alkyl halides is 3. The lowest BCUT2D eigenvalue weighted by Crippen LogP contribution is -2.39. The number of aryl methyl sites for hydroxylation is 1. The number of likely N-dealkylation sites (tertiary alicyclic amines) is 1. The highest BCUT2D eigenvalue weighted by Crippen LogP contribution is 2.26. The van der Waals surface area contributed by atoms with Gasteiger partial charge in [-0.2, -0.15) is 13.2 Å². The van der Waals surface area contributed by atoms with E-state index in [1.54, 1.807) is 29.2 Å². The van der Waals surface area contributed by atoms with Crippen molar-refractivity contribution in [2.75, 3.05) is 13.1 Å². The van der Waals surface area contributed by atoms with Gasteiger partial charge < -0.3 is 10.0 Å². The first kappa shape index (κ1) is 18.3. The first-order valence-corrected chi connectivity index (χ1v) is 7.92. The average Bonchev–Trinajstić information content (AvgIpc) is 2.52. The van der Waals surface area contributed by atoms with Crippen molar-refractivity contribution >= 4 is 11.9 Å². The topological polar surface area (TPSA) is 57.6 Å². The number of carbonyl (C=O) groups excluding carboxylic acids is 1. The number of rotatable bonds is 5. The first-order valence-electron chi connectivity index (χ1n) is 7.92. The summed E-state index contributed by atoms with van der Waals surface area (Å²) >= 11 is 0. The summed E-state index contributed by atoms with van der Waals surface area (Å²) in [6.07, 6.45) is -4.15. The van der Waals surface area contributed by atoms with Gasteiger partial charge in [-0.25, -0.2) is 0 Å². The number of carboxylic acids is 1. The average molecular weight is 343 g/mol. The SMILES string of the molecule is O=C(O)CC1CCN(C(=O)c2ccccc2CCC(F)(F)F)CC1. The number of hydrogen-bond acceptors (Lipinski definition) is 2. The fourth-order valence-electron chi connectivity index (χ4n) is 2.98. The molecular weight excluding hydrogens is 323 g/mol. The van der Waals surface area contributed by atoms with E-state index in [1.165, 1.54) is 0 Å². The second kappa shape index (κ2) is 7.68. The lowest BCUT2D eigenvalue weighted by molar-refractivity contribution is -0.138. The fraction of sp³-hybridized carbons (Fsp3) is 0.529. The predicted molar refractivity (Wildman–Crippen MR) is 81.7 cm³/mol. The minimum atomic E-state index is -4.26. The van der Waals surface area contributed by atoms with Crippen LogP contribution in [0.2, 0.25) is 0 Å². The maximum absolute atomic E-state index is 12.6. The van der Waals surface area contributed by atoms with E-state index in [9.17, 15) is 22.8 Å². The minimum absolute atomic E-state index is 0.0482. The number of benzene rings is 1. The number of amides is 1. The number of carbonyl (C=O) groups is 2. The van der Waals surface area contributed by atoms with Crippen LogP contribution in [0.3, 0.4) is 0 Å². The van der Waals surface area contributed by atoms with Crippen molar-refractivity contribution in [3.63, 3.8) is 0 Å². The van der Waals surface area contributed by atoms with Crippen molar-refractivity contribution < 1.29 is 27.9 Å². The number of piperidine rings is 1.